The maximum Gasteiger partial charge on any atom is 0.350 e. The molecule has 1 fully saturated rings. The van der Waals surface area contributed by atoms with E-state index in [4.69, 9.17) is 9.47 Å². The molecular weight excluding hydrogens is 504 g/mol. The van der Waals surface area contributed by atoms with Crippen molar-refractivity contribution in [2.75, 3.05) is 11.5 Å². The summed E-state index contributed by atoms with van der Waals surface area (Å²) in [4.78, 5) is 45.3. The van der Waals surface area contributed by atoms with Gasteiger partial charge < -0.3 is 14.6 Å². The molecule has 2 atom stereocenters. The van der Waals surface area contributed by atoms with Crippen LogP contribution in [-0.4, -0.2) is 40.5 Å². The van der Waals surface area contributed by atoms with Crippen LogP contribution in [0.4, 0.5) is 5.13 Å². The summed E-state index contributed by atoms with van der Waals surface area (Å²) in [5.74, 6) is -1.81. The first-order valence-electron chi connectivity index (χ1n) is 12.1. The number of carbonyl (C=O) groups is 3. The van der Waals surface area contributed by atoms with Crippen molar-refractivity contribution in [2.45, 2.75) is 39.3 Å². The fourth-order valence-electron chi connectivity index (χ4n) is 4.69. The zero-order valence-corrected chi connectivity index (χ0v) is 22.0. The first-order valence-corrected chi connectivity index (χ1v) is 12.9. The molecule has 2 aromatic carbocycles. The number of thiazole rings is 1. The van der Waals surface area contributed by atoms with Crippen molar-refractivity contribution in [3.63, 3.8) is 0 Å². The third-order valence-electron chi connectivity index (χ3n) is 6.52. The highest BCUT2D eigenvalue weighted by Crippen LogP contribution is 2.44. The summed E-state index contributed by atoms with van der Waals surface area (Å²) in [6.45, 7) is 9.10. The van der Waals surface area contributed by atoms with E-state index in [1.54, 1.807) is 25.1 Å². The number of carbonyl (C=O) groups excluding carboxylic acids is 3. The molecule has 0 bridgehead atoms. The van der Waals surface area contributed by atoms with Gasteiger partial charge in [0.15, 0.2) is 5.13 Å². The molecule has 3 aromatic rings. The van der Waals surface area contributed by atoms with Gasteiger partial charge in [0.2, 0.25) is 0 Å². The highest BCUT2D eigenvalue weighted by molar-refractivity contribution is 7.17. The van der Waals surface area contributed by atoms with Crippen molar-refractivity contribution in [3.8, 4) is 5.75 Å². The van der Waals surface area contributed by atoms with Crippen molar-refractivity contribution >= 4 is 39.9 Å². The lowest BCUT2D eigenvalue weighted by Gasteiger charge is -2.23. The van der Waals surface area contributed by atoms with Crippen molar-refractivity contribution in [2.24, 2.45) is 0 Å². The lowest BCUT2D eigenvalue weighted by atomic mass is 9.94. The third kappa shape index (κ3) is 4.39. The average Bonchev–Trinajstić information content (AvgIpc) is 3.54. The number of aliphatic hydroxyl groups excluding tert-OH is 1. The zero-order valence-electron chi connectivity index (χ0n) is 21.2. The summed E-state index contributed by atoms with van der Waals surface area (Å²) in [6.07, 6.45) is 2.15. The van der Waals surface area contributed by atoms with Gasteiger partial charge in [-0.25, -0.2) is 9.78 Å². The molecule has 1 N–H and O–H groups in total. The monoisotopic (exact) mass is 530 g/mol. The number of fused-ring (bicyclic) bond motifs is 1. The molecule has 9 heteroatoms. The normalized spacial score (nSPS) is 19.8. The quantitative estimate of drug-likeness (QED) is 0.156. The van der Waals surface area contributed by atoms with E-state index < -0.39 is 23.7 Å². The van der Waals surface area contributed by atoms with Gasteiger partial charge >= 0.3 is 11.9 Å². The Hall–Kier alpha value is -4.24. The molecule has 1 amide bonds. The second-order valence-corrected chi connectivity index (χ2v) is 10.3. The molecule has 1 saturated heterocycles. The second kappa shape index (κ2) is 9.90. The number of amides is 1. The first-order chi connectivity index (χ1) is 18.2. The Morgan fingerprint density at radius 1 is 1.24 bits per heavy atom. The Kier molecular flexibility index (Phi) is 6.62. The maximum atomic E-state index is 13.4. The molecule has 0 radical (unpaired) electrons. The third-order valence-corrected chi connectivity index (χ3v) is 7.65. The SMILES string of the molecule is C=CCOC(=O)c1sc(N2C(=O)C(=O)/C(=C(/O)c3ccc4c(c3)CC(C)O4)C2c2ccc(C)cc2)nc1C. The molecule has 38 heavy (non-hydrogen) atoms. The van der Waals surface area contributed by atoms with Gasteiger partial charge in [0.25, 0.3) is 5.78 Å². The number of ketones is 1. The van der Waals surface area contributed by atoms with Gasteiger partial charge in [0, 0.05) is 12.0 Å². The van der Waals surface area contributed by atoms with Gasteiger partial charge in [-0.1, -0.05) is 53.8 Å². The van der Waals surface area contributed by atoms with E-state index in [0.717, 1.165) is 28.2 Å². The number of benzene rings is 2. The largest absolute Gasteiger partial charge is 0.507 e. The molecule has 2 aliphatic rings. The van der Waals surface area contributed by atoms with E-state index in [1.165, 1.54) is 11.0 Å². The number of anilines is 1. The van der Waals surface area contributed by atoms with Gasteiger partial charge in [0.05, 0.1) is 17.3 Å². The number of esters is 1. The van der Waals surface area contributed by atoms with Gasteiger partial charge in [0.1, 0.15) is 29.1 Å². The number of Topliss-reactive ketones (excluding diaryl/α,β-unsaturated/α-hetero) is 1. The minimum absolute atomic E-state index is 0.0149. The molecule has 0 aliphatic carbocycles. The molecular formula is C29H26N2O6S. The molecule has 0 spiro atoms. The van der Waals surface area contributed by atoms with Crippen LogP contribution < -0.4 is 9.64 Å². The number of nitrogens with zero attached hydrogens (tertiary/aromatic N) is 2. The Balaban J connectivity index is 1.64. The minimum atomic E-state index is -0.943. The van der Waals surface area contributed by atoms with Crippen LogP contribution in [0.25, 0.3) is 5.76 Å². The van der Waals surface area contributed by atoms with E-state index >= 15 is 0 Å². The van der Waals surface area contributed by atoms with Crippen LogP contribution in [0.5, 0.6) is 5.75 Å². The summed E-state index contributed by atoms with van der Waals surface area (Å²) >= 11 is 0.961. The predicted octanol–water partition coefficient (Wildman–Crippen LogP) is 5.05. The molecule has 194 valence electrons. The average molecular weight is 531 g/mol. The minimum Gasteiger partial charge on any atom is -0.507 e. The molecule has 1 aromatic heterocycles. The maximum absolute atomic E-state index is 13.4. The Morgan fingerprint density at radius 2 is 1.97 bits per heavy atom. The highest BCUT2D eigenvalue weighted by Gasteiger charge is 2.48. The van der Waals surface area contributed by atoms with Gasteiger partial charge in [-0.15, -0.1) is 0 Å². The number of hydrogen-bond acceptors (Lipinski definition) is 8. The molecule has 2 aliphatic heterocycles. The molecule has 2 unspecified atom stereocenters. The fourth-order valence-corrected chi connectivity index (χ4v) is 5.68. The van der Waals surface area contributed by atoms with Crippen LogP contribution in [0.3, 0.4) is 0 Å². The Labute approximate surface area is 223 Å². The van der Waals surface area contributed by atoms with Gasteiger partial charge in [-0.3, -0.25) is 14.5 Å². The number of aromatic nitrogens is 1. The van der Waals surface area contributed by atoms with Crippen LogP contribution >= 0.6 is 11.3 Å². The molecule has 3 heterocycles. The Bertz CT molecular complexity index is 1500. The van der Waals surface area contributed by atoms with Crippen LogP contribution in [0.1, 0.15) is 50.6 Å². The van der Waals surface area contributed by atoms with Crippen molar-refractivity contribution in [1.82, 2.24) is 4.98 Å². The number of aliphatic hydroxyl groups is 1. The first kappa shape index (κ1) is 25.4. The van der Waals surface area contributed by atoms with E-state index in [9.17, 15) is 19.5 Å². The summed E-state index contributed by atoms with van der Waals surface area (Å²) in [5.41, 5.74) is 3.28. The van der Waals surface area contributed by atoms with Crippen molar-refractivity contribution in [3.05, 3.63) is 93.5 Å². The smallest absolute Gasteiger partial charge is 0.350 e. The van der Waals surface area contributed by atoms with Crippen LogP contribution in [0, 0.1) is 13.8 Å². The fraction of sp³-hybridized carbons (Fsp3) is 0.241. The molecule has 0 saturated carbocycles. The van der Waals surface area contributed by atoms with Gasteiger partial charge in [-0.2, -0.15) is 0 Å². The Morgan fingerprint density at radius 3 is 2.68 bits per heavy atom. The van der Waals surface area contributed by atoms with E-state index in [2.05, 4.69) is 11.6 Å². The molecule has 8 nitrogen and oxygen atoms in total. The number of rotatable bonds is 6. The standard InChI is InChI=1S/C29H26N2O6S/c1-5-12-36-28(35)26-17(4)30-29(38-26)31-23(18-8-6-15(2)7-9-18)22(25(33)27(31)34)24(32)19-10-11-21-20(14-19)13-16(3)37-21/h5-11,14,16,23,32H,1,12-13H2,2-4H3/b24-22+. The van der Waals surface area contributed by atoms with E-state index in [0.29, 0.717) is 23.2 Å². The summed E-state index contributed by atoms with van der Waals surface area (Å²) < 4.78 is 10.9. The topological polar surface area (TPSA) is 106 Å². The van der Waals surface area contributed by atoms with Crippen molar-refractivity contribution < 1.29 is 29.0 Å². The summed E-state index contributed by atoms with van der Waals surface area (Å²) in [6, 6.07) is 11.6. The zero-order chi connectivity index (χ0) is 27.1. The summed E-state index contributed by atoms with van der Waals surface area (Å²) in [7, 11) is 0. The lowest BCUT2D eigenvalue weighted by Crippen LogP contribution is -2.29. The molecule has 5 rings (SSSR count). The van der Waals surface area contributed by atoms with E-state index in [-0.39, 0.29) is 34.1 Å². The van der Waals surface area contributed by atoms with Gasteiger partial charge in [-0.05, 0) is 50.1 Å². The number of hydrogen-bond donors (Lipinski definition) is 1. The van der Waals surface area contributed by atoms with Crippen molar-refractivity contribution in [1.29, 1.82) is 0 Å². The van der Waals surface area contributed by atoms with Crippen LogP contribution in [0.15, 0.2) is 60.7 Å². The van der Waals surface area contributed by atoms with Crippen LogP contribution in [0.2, 0.25) is 0 Å². The highest BCUT2D eigenvalue weighted by atomic mass is 32.1. The lowest BCUT2D eigenvalue weighted by molar-refractivity contribution is -0.132. The number of ether oxygens (including phenoxy) is 2. The second-order valence-electron chi connectivity index (χ2n) is 9.33. The number of aryl methyl sites for hydroxylation is 2. The predicted molar refractivity (Wildman–Crippen MR) is 144 cm³/mol. The van der Waals surface area contributed by atoms with E-state index in [1.807, 2.05) is 38.1 Å². The summed E-state index contributed by atoms with van der Waals surface area (Å²) in [5, 5.41) is 11.6. The van der Waals surface area contributed by atoms with Crippen LogP contribution in [-0.2, 0) is 20.7 Å².